The van der Waals surface area contributed by atoms with E-state index in [1.165, 1.54) is 58.3 Å². The molecule has 14 heavy (non-hydrogen) atoms. The van der Waals surface area contributed by atoms with E-state index in [0.717, 1.165) is 12.0 Å². The highest BCUT2D eigenvalue weighted by molar-refractivity contribution is 4.81. The van der Waals surface area contributed by atoms with Crippen LogP contribution in [0.2, 0.25) is 0 Å². The summed E-state index contributed by atoms with van der Waals surface area (Å²) in [5.41, 5.74) is 0. The van der Waals surface area contributed by atoms with Crippen LogP contribution in [-0.2, 0) is 0 Å². The molecule has 0 aromatic rings. The zero-order valence-corrected chi connectivity index (χ0v) is 9.47. The molecule has 2 aliphatic rings. The average molecular weight is 196 g/mol. The first-order valence-electron chi connectivity index (χ1n) is 6.30. The van der Waals surface area contributed by atoms with E-state index < -0.39 is 0 Å². The molecule has 1 N–H and O–H groups in total. The molecule has 0 spiro atoms. The van der Waals surface area contributed by atoms with Gasteiger partial charge in [0.15, 0.2) is 0 Å². The van der Waals surface area contributed by atoms with Gasteiger partial charge in [0.1, 0.15) is 0 Å². The van der Waals surface area contributed by atoms with Gasteiger partial charge in [0.25, 0.3) is 0 Å². The topological polar surface area (TPSA) is 15.3 Å². The molecule has 0 amide bonds. The molecule has 0 aromatic heterocycles. The van der Waals surface area contributed by atoms with Gasteiger partial charge in [0.2, 0.25) is 0 Å². The van der Waals surface area contributed by atoms with Gasteiger partial charge in [0.05, 0.1) is 0 Å². The summed E-state index contributed by atoms with van der Waals surface area (Å²) in [5.74, 6) is 0.955. The average Bonchev–Trinajstić information content (AvgIpc) is 2.96. The van der Waals surface area contributed by atoms with E-state index in [1.54, 1.807) is 0 Å². The van der Waals surface area contributed by atoms with Crippen molar-refractivity contribution in [2.75, 3.05) is 26.2 Å². The molecule has 1 heterocycles. The van der Waals surface area contributed by atoms with Crippen molar-refractivity contribution in [1.29, 1.82) is 0 Å². The van der Waals surface area contributed by atoms with Crippen LogP contribution < -0.4 is 5.32 Å². The van der Waals surface area contributed by atoms with E-state index >= 15 is 0 Å². The molecule has 2 nitrogen and oxygen atoms in total. The van der Waals surface area contributed by atoms with Crippen molar-refractivity contribution in [2.45, 2.75) is 45.1 Å². The summed E-state index contributed by atoms with van der Waals surface area (Å²) in [5, 5.41) is 3.59. The van der Waals surface area contributed by atoms with Gasteiger partial charge < -0.3 is 10.2 Å². The molecule has 1 aliphatic carbocycles. The minimum absolute atomic E-state index is 0.876. The third-order valence-electron chi connectivity index (χ3n) is 3.55. The molecule has 82 valence electrons. The number of likely N-dealkylation sites (tertiary alicyclic amines) is 1. The summed E-state index contributed by atoms with van der Waals surface area (Å²) in [6.45, 7) is 7.53. The second-order valence-corrected chi connectivity index (χ2v) is 5.11. The smallest absolute Gasteiger partial charge is 0.0107 e. The molecule has 1 atom stereocenters. The summed E-state index contributed by atoms with van der Waals surface area (Å²) < 4.78 is 0. The lowest BCUT2D eigenvalue weighted by atomic mass is 10.0. The molecular weight excluding hydrogens is 172 g/mol. The number of hydrogen-bond acceptors (Lipinski definition) is 2. The molecule has 2 fully saturated rings. The highest BCUT2D eigenvalue weighted by Gasteiger charge is 2.20. The first-order valence-corrected chi connectivity index (χ1v) is 6.30. The highest BCUT2D eigenvalue weighted by atomic mass is 15.1. The van der Waals surface area contributed by atoms with Crippen LogP contribution in [0.1, 0.15) is 39.0 Å². The Bertz CT molecular complexity index is 166. The predicted molar refractivity (Wildman–Crippen MR) is 60.5 cm³/mol. The van der Waals surface area contributed by atoms with Gasteiger partial charge in [-0.1, -0.05) is 6.92 Å². The van der Waals surface area contributed by atoms with Crippen LogP contribution in [0, 0.1) is 5.92 Å². The Hall–Kier alpha value is -0.0800. The van der Waals surface area contributed by atoms with Crippen LogP contribution in [0.15, 0.2) is 0 Å². The lowest BCUT2D eigenvalue weighted by Crippen LogP contribution is -2.33. The van der Waals surface area contributed by atoms with Crippen LogP contribution in [0.25, 0.3) is 0 Å². The second kappa shape index (κ2) is 5.13. The van der Waals surface area contributed by atoms with E-state index in [2.05, 4.69) is 17.1 Å². The lowest BCUT2D eigenvalue weighted by Gasteiger charge is -2.19. The Morgan fingerprint density at radius 2 is 2.00 bits per heavy atom. The van der Waals surface area contributed by atoms with Crippen LogP contribution in [-0.4, -0.2) is 37.1 Å². The first-order chi connectivity index (χ1) is 6.84. The fraction of sp³-hybridized carbons (Fsp3) is 1.00. The van der Waals surface area contributed by atoms with Gasteiger partial charge in [-0.05, 0) is 51.1 Å². The molecule has 2 rings (SSSR count). The summed E-state index contributed by atoms with van der Waals surface area (Å²) in [7, 11) is 0. The monoisotopic (exact) mass is 196 g/mol. The fourth-order valence-electron chi connectivity index (χ4n) is 2.26. The molecule has 1 unspecified atom stereocenters. The molecule has 0 radical (unpaired) electrons. The van der Waals surface area contributed by atoms with Gasteiger partial charge in [-0.3, -0.25) is 0 Å². The summed E-state index contributed by atoms with van der Waals surface area (Å²) in [6.07, 6.45) is 7.08. The quantitative estimate of drug-likeness (QED) is 0.738. The van der Waals surface area contributed by atoms with Gasteiger partial charge in [-0.2, -0.15) is 0 Å². The largest absolute Gasteiger partial charge is 0.313 e. The van der Waals surface area contributed by atoms with E-state index in [9.17, 15) is 0 Å². The number of hydrogen-bond donors (Lipinski definition) is 1. The molecule has 2 heteroatoms. The maximum absolute atomic E-state index is 3.59. The van der Waals surface area contributed by atoms with Crippen LogP contribution in [0.3, 0.4) is 0 Å². The fourth-order valence-corrected chi connectivity index (χ4v) is 2.26. The van der Waals surface area contributed by atoms with Gasteiger partial charge in [0, 0.05) is 19.1 Å². The van der Waals surface area contributed by atoms with Crippen LogP contribution in [0.4, 0.5) is 0 Å². The second-order valence-electron chi connectivity index (χ2n) is 5.11. The van der Waals surface area contributed by atoms with Crippen molar-refractivity contribution in [3.05, 3.63) is 0 Å². The molecule has 0 bridgehead atoms. The van der Waals surface area contributed by atoms with E-state index in [0.29, 0.717) is 0 Å². The number of nitrogens with zero attached hydrogens (tertiary/aromatic N) is 1. The summed E-state index contributed by atoms with van der Waals surface area (Å²) in [4.78, 5) is 2.64. The molecule has 1 saturated heterocycles. The molecule has 0 aromatic carbocycles. The third kappa shape index (κ3) is 3.58. The summed E-state index contributed by atoms with van der Waals surface area (Å²) >= 11 is 0. The van der Waals surface area contributed by atoms with Crippen LogP contribution in [0.5, 0.6) is 0 Å². The Morgan fingerprint density at radius 3 is 2.79 bits per heavy atom. The Labute approximate surface area is 88.1 Å². The normalized spacial score (nSPS) is 30.2. The standard InChI is InChI=1S/C12H24N2/c1-11-3-2-8-14(9-6-11)10-7-13-12-4-5-12/h11-13H,2-10H2,1H3. The SMILES string of the molecule is CC1CCCN(CCNC2CC2)CC1. The van der Waals surface area contributed by atoms with Crippen molar-refractivity contribution in [1.82, 2.24) is 10.2 Å². The van der Waals surface area contributed by atoms with E-state index in [-0.39, 0.29) is 0 Å². The summed E-state index contributed by atoms with van der Waals surface area (Å²) in [6, 6.07) is 0.876. The zero-order valence-electron chi connectivity index (χ0n) is 9.47. The third-order valence-corrected chi connectivity index (χ3v) is 3.55. The Kier molecular flexibility index (Phi) is 3.82. The van der Waals surface area contributed by atoms with Gasteiger partial charge in [-0.25, -0.2) is 0 Å². The minimum Gasteiger partial charge on any atom is -0.313 e. The van der Waals surface area contributed by atoms with Crippen molar-refractivity contribution >= 4 is 0 Å². The van der Waals surface area contributed by atoms with Crippen molar-refractivity contribution in [3.63, 3.8) is 0 Å². The highest BCUT2D eigenvalue weighted by Crippen LogP contribution is 2.18. The van der Waals surface area contributed by atoms with Crippen molar-refractivity contribution < 1.29 is 0 Å². The van der Waals surface area contributed by atoms with Gasteiger partial charge in [-0.15, -0.1) is 0 Å². The number of nitrogens with one attached hydrogen (secondary N) is 1. The maximum Gasteiger partial charge on any atom is 0.0107 e. The van der Waals surface area contributed by atoms with Crippen molar-refractivity contribution in [3.8, 4) is 0 Å². The van der Waals surface area contributed by atoms with E-state index in [4.69, 9.17) is 0 Å². The number of rotatable bonds is 4. The van der Waals surface area contributed by atoms with Crippen molar-refractivity contribution in [2.24, 2.45) is 5.92 Å². The Balaban J connectivity index is 1.58. The molecule has 1 saturated carbocycles. The Morgan fingerprint density at radius 1 is 1.14 bits per heavy atom. The maximum atomic E-state index is 3.59. The zero-order chi connectivity index (χ0) is 9.80. The van der Waals surface area contributed by atoms with E-state index in [1.807, 2.05) is 0 Å². The van der Waals surface area contributed by atoms with Gasteiger partial charge >= 0.3 is 0 Å². The van der Waals surface area contributed by atoms with Crippen LogP contribution >= 0.6 is 0 Å². The molecule has 1 aliphatic heterocycles. The predicted octanol–water partition coefficient (Wildman–Crippen LogP) is 1.86. The first kappa shape index (κ1) is 10.4. The lowest BCUT2D eigenvalue weighted by molar-refractivity contribution is 0.280. The minimum atomic E-state index is 0.876. The molecular formula is C12H24N2.